The normalized spacial score (nSPS) is 10.6. The number of anilines is 1. The Morgan fingerprint density at radius 1 is 1.37 bits per heavy atom. The number of carbonyl (C=O) groups excluding carboxylic acids is 2. The van der Waals surface area contributed by atoms with Crippen molar-refractivity contribution in [2.45, 2.75) is 13.8 Å². The van der Waals surface area contributed by atoms with E-state index in [0.29, 0.717) is 26.0 Å². The van der Waals surface area contributed by atoms with E-state index in [-0.39, 0.29) is 17.3 Å². The van der Waals surface area contributed by atoms with Gasteiger partial charge in [0.1, 0.15) is 0 Å². The number of carbonyl (C=O) groups is 2. The summed E-state index contributed by atoms with van der Waals surface area (Å²) < 4.78 is 5.11. The predicted octanol–water partition coefficient (Wildman–Crippen LogP) is 3.31. The second kappa shape index (κ2) is 9.45. The molecule has 1 heterocycles. The van der Waals surface area contributed by atoms with Crippen LogP contribution in [0.3, 0.4) is 0 Å². The molecule has 10 heteroatoms. The van der Waals surface area contributed by atoms with Gasteiger partial charge < -0.3 is 15.8 Å². The van der Waals surface area contributed by atoms with Crippen molar-refractivity contribution in [3.63, 3.8) is 0 Å². The highest BCUT2D eigenvalue weighted by Gasteiger charge is 2.24. The molecular weight excluding hydrogens is 408 g/mol. The zero-order valence-corrected chi connectivity index (χ0v) is 16.9. The van der Waals surface area contributed by atoms with Crippen LogP contribution in [0.15, 0.2) is 29.4 Å². The highest BCUT2D eigenvalue weighted by atomic mass is 35.5. The molecule has 0 aliphatic carbocycles. The number of hydrazone groups is 1. The molecule has 0 radical (unpaired) electrons. The van der Waals surface area contributed by atoms with Crippen LogP contribution in [0.2, 0.25) is 5.02 Å². The zero-order chi connectivity index (χ0) is 20.0. The van der Waals surface area contributed by atoms with Gasteiger partial charge in [-0.25, -0.2) is 4.79 Å². The number of nitrogens with zero attached hydrogens (tertiary/aromatic N) is 1. The van der Waals surface area contributed by atoms with Crippen LogP contribution in [0, 0.1) is 6.92 Å². The van der Waals surface area contributed by atoms with Crippen molar-refractivity contribution in [2.24, 2.45) is 10.8 Å². The van der Waals surface area contributed by atoms with E-state index < -0.39 is 11.9 Å². The van der Waals surface area contributed by atoms with Gasteiger partial charge in [-0.05, 0) is 50.3 Å². The molecule has 0 spiro atoms. The summed E-state index contributed by atoms with van der Waals surface area (Å²) in [6.45, 7) is 3.68. The smallest absolute Gasteiger partial charge is 0.341 e. The first-order valence-corrected chi connectivity index (χ1v) is 9.39. The van der Waals surface area contributed by atoms with E-state index in [1.165, 1.54) is 17.6 Å². The quantitative estimate of drug-likeness (QED) is 0.284. The Balaban J connectivity index is 2.41. The highest BCUT2D eigenvalue weighted by molar-refractivity contribution is 7.80. The van der Waals surface area contributed by atoms with Crippen LogP contribution in [0.5, 0.6) is 0 Å². The van der Waals surface area contributed by atoms with Crippen molar-refractivity contribution < 1.29 is 14.3 Å². The molecule has 0 aliphatic heterocycles. The van der Waals surface area contributed by atoms with Crippen molar-refractivity contribution >= 4 is 64.0 Å². The average molecular weight is 425 g/mol. The molecule has 2 aromatic rings. The lowest BCUT2D eigenvalue weighted by atomic mass is 10.1. The lowest BCUT2D eigenvalue weighted by molar-refractivity contribution is 0.0527. The Morgan fingerprint density at radius 2 is 2.04 bits per heavy atom. The molecule has 0 saturated heterocycles. The first-order valence-electron chi connectivity index (χ1n) is 7.79. The summed E-state index contributed by atoms with van der Waals surface area (Å²) in [4.78, 5) is 26.2. The van der Waals surface area contributed by atoms with E-state index in [0.717, 1.165) is 0 Å². The number of ether oxygens (including phenoxy) is 1. The number of halogens is 1. The summed E-state index contributed by atoms with van der Waals surface area (Å²) in [5.41, 5.74) is 8.76. The standard InChI is InChI=1S/C17H17ClN4O3S2/c1-3-25-16(24)13-9(2)27-12(8-20-22-17(19)26)14(13)21-15(23)10-4-6-11(18)7-5-10/h4-8H,3H2,1-2H3,(H,21,23)(H3,19,22,26)/b20-8+. The van der Waals surface area contributed by atoms with Gasteiger partial charge in [0.25, 0.3) is 5.91 Å². The number of hydrogen-bond acceptors (Lipinski definition) is 6. The maximum atomic E-state index is 12.6. The highest BCUT2D eigenvalue weighted by Crippen LogP contribution is 2.33. The summed E-state index contributed by atoms with van der Waals surface area (Å²) in [5, 5.41) is 7.17. The zero-order valence-electron chi connectivity index (χ0n) is 14.5. The molecule has 1 aromatic heterocycles. The molecule has 142 valence electrons. The number of hydrogen-bond donors (Lipinski definition) is 3. The van der Waals surface area contributed by atoms with Crippen LogP contribution in [0.1, 0.15) is 37.4 Å². The van der Waals surface area contributed by atoms with Crippen LogP contribution in [-0.2, 0) is 4.74 Å². The van der Waals surface area contributed by atoms with Crippen LogP contribution in [-0.4, -0.2) is 29.8 Å². The Labute approximate surface area is 170 Å². The second-order valence-electron chi connectivity index (χ2n) is 5.19. The summed E-state index contributed by atoms with van der Waals surface area (Å²) in [7, 11) is 0. The monoisotopic (exact) mass is 424 g/mol. The molecule has 27 heavy (non-hydrogen) atoms. The molecule has 4 N–H and O–H groups in total. The first-order chi connectivity index (χ1) is 12.8. The SMILES string of the molecule is CCOC(=O)c1c(C)sc(/C=N/NC(N)=S)c1NC(=O)c1ccc(Cl)cc1. The summed E-state index contributed by atoms with van der Waals surface area (Å²) in [6, 6.07) is 6.39. The number of thiophene rings is 1. The van der Waals surface area contributed by atoms with Gasteiger partial charge in [-0.3, -0.25) is 10.2 Å². The third-order valence-electron chi connectivity index (χ3n) is 3.29. The van der Waals surface area contributed by atoms with Gasteiger partial charge >= 0.3 is 5.97 Å². The fourth-order valence-corrected chi connectivity index (χ4v) is 3.33. The Hall–Kier alpha value is -2.49. The summed E-state index contributed by atoms with van der Waals surface area (Å²) in [5.74, 6) is -0.924. The number of thiocarbonyl (C=S) groups is 1. The molecule has 0 saturated carbocycles. The Morgan fingerprint density at radius 3 is 2.63 bits per heavy atom. The van der Waals surface area contributed by atoms with E-state index in [1.807, 2.05) is 0 Å². The minimum Gasteiger partial charge on any atom is -0.462 e. The fraction of sp³-hybridized carbons (Fsp3) is 0.176. The molecule has 1 aromatic carbocycles. The van der Waals surface area contributed by atoms with E-state index in [1.54, 1.807) is 38.1 Å². The maximum Gasteiger partial charge on any atom is 0.341 e. The summed E-state index contributed by atoms with van der Waals surface area (Å²) >= 11 is 11.8. The van der Waals surface area contributed by atoms with Crippen molar-refractivity contribution in [3.05, 3.63) is 50.2 Å². The molecule has 0 atom stereocenters. The van der Waals surface area contributed by atoms with Crippen LogP contribution >= 0.6 is 35.2 Å². The molecule has 0 bridgehead atoms. The maximum absolute atomic E-state index is 12.6. The molecule has 1 amide bonds. The average Bonchev–Trinajstić information content (AvgIpc) is 2.90. The van der Waals surface area contributed by atoms with Crippen molar-refractivity contribution in [2.75, 3.05) is 11.9 Å². The Kier molecular flexibility index (Phi) is 7.28. The van der Waals surface area contributed by atoms with Gasteiger partial charge in [-0.2, -0.15) is 5.10 Å². The second-order valence-corrected chi connectivity index (χ2v) is 7.32. The molecule has 0 aliphatic rings. The number of nitrogens with two attached hydrogens (primary N) is 1. The van der Waals surface area contributed by atoms with Crippen molar-refractivity contribution in [1.82, 2.24) is 5.43 Å². The molecule has 0 fully saturated rings. The third kappa shape index (κ3) is 5.49. The van der Waals surface area contributed by atoms with Gasteiger partial charge in [-0.1, -0.05) is 11.6 Å². The van der Waals surface area contributed by atoms with Gasteiger partial charge in [-0.15, -0.1) is 11.3 Å². The predicted molar refractivity (Wildman–Crippen MR) is 112 cm³/mol. The van der Waals surface area contributed by atoms with Gasteiger partial charge in [0.15, 0.2) is 5.11 Å². The van der Waals surface area contributed by atoms with Gasteiger partial charge in [0.2, 0.25) is 0 Å². The fourth-order valence-electron chi connectivity index (χ4n) is 2.17. The largest absolute Gasteiger partial charge is 0.462 e. The molecular formula is C17H17ClN4O3S2. The van der Waals surface area contributed by atoms with Gasteiger partial charge in [0.05, 0.1) is 28.9 Å². The lowest BCUT2D eigenvalue weighted by Gasteiger charge is -2.09. The Bertz CT molecular complexity index is 894. The van der Waals surface area contributed by atoms with Gasteiger partial charge in [0, 0.05) is 15.5 Å². The summed E-state index contributed by atoms with van der Waals surface area (Å²) in [6.07, 6.45) is 1.43. The van der Waals surface area contributed by atoms with E-state index >= 15 is 0 Å². The number of benzene rings is 1. The van der Waals surface area contributed by atoms with Crippen LogP contribution < -0.4 is 16.5 Å². The number of amides is 1. The minimum atomic E-state index is -0.528. The molecule has 2 rings (SSSR count). The lowest BCUT2D eigenvalue weighted by Crippen LogP contribution is -2.24. The number of esters is 1. The molecule has 7 nitrogen and oxygen atoms in total. The van der Waals surface area contributed by atoms with Crippen LogP contribution in [0.4, 0.5) is 5.69 Å². The van der Waals surface area contributed by atoms with E-state index in [2.05, 4.69) is 15.8 Å². The number of nitrogens with one attached hydrogen (secondary N) is 2. The van der Waals surface area contributed by atoms with Crippen LogP contribution in [0.25, 0.3) is 0 Å². The minimum absolute atomic E-state index is 0.00288. The number of aryl methyl sites for hydroxylation is 1. The van der Waals surface area contributed by atoms with E-state index in [9.17, 15) is 9.59 Å². The third-order valence-corrected chi connectivity index (χ3v) is 4.68. The number of rotatable bonds is 6. The first kappa shape index (κ1) is 20.8. The van der Waals surface area contributed by atoms with Crippen molar-refractivity contribution in [1.29, 1.82) is 0 Å². The van der Waals surface area contributed by atoms with E-state index in [4.69, 9.17) is 34.3 Å². The topological polar surface area (TPSA) is 106 Å². The van der Waals surface area contributed by atoms with Crippen molar-refractivity contribution in [3.8, 4) is 0 Å². The molecule has 0 unspecified atom stereocenters.